The minimum absolute atomic E-state index is 0.486. The number of carboxylic acids is 4. The van der Waals surface area contributed by atoms with Gasteiger partial charge in [-0.05, 0) is 44.6 Å². The van der Waals surface area contributed by atoms with Gasteiger partial charge >= 0.3 is 23.9 Å². The number of carbonyl (C=O) groups is 4. The van der Waals surface area contributed by atoms with E-state index < -0.39 is 23.9 Å². The van der Waals surface area contributed by atoms with E-state index in [-0.39, 0.29) is 0 Å². The maximum atomic E-state index is 9.10. The highest BCUT2D eigenvalue weighted by atomic mass is 16.5. The van der Waals surface area contributed by atoms with Crippen LogP contribution >= 0.6 is 0 Å². The number of ether oxygens (including phenoxy) is 1. The van der Waals surface area contributed by atoms with Crippen LogP contribution in [-0.2, 0) is 19.2 Å². The molecule has 1 aromatic carbocycles. The molecule has 1 fully saturated rings. The zero-order valence-corrected chi connectivity index (χ0v) is 17.8. The molecule has 1 aliphatic heterocycles. The molecule has 1 saturated heterocycles. The van der Waals surface area contributed by atoms with Crippen molar-refractivity contribution in [1.82, 2.24) is 10.2 Å². The molecule has 11 nitrogen and oxygen atoms in total. The summed E-state index contributed by atoms with van der Waals surface area (Å²) >= 11 is 0. The van der Waals surface area contributed by atoms with Crippen molar-refractivity contribution in [3.63, 3.8) is 0 Å². The Labute approximate surface area is 180 Å². The lowest BCUT2D eigenvalue weighted by atomic mass is 9.93. The number of hydrogen-bond acceptors (Lipinski definition) is 7. The quantitative estimate of drug-likeness (QED) is 0.398. The third-order valence-electron chi connectivity index (χ3n) is 4.51. The number of nitrogens with one attached hydrogen (secondary N) is 1. The van der Waals surface area contributed by atoms with Gasteiger partial charge in [-0.25, -0.2) is 19.2 Å². The fraction of sp³-hybridized carbons (Fsp3) is 0.500. The Bertz CT molecular complexity index is 691. The molecule has 11 heteroatoms. The number of para-hydroxylation sites is 1. The van der Waals surface area contributed by atoms with Crippen molar-refractivity contribution < 1.29 is 44.3 Å². The lowest BCUT2D eigenvalue weighted by molar-refractivity contribution is -0.159. The number of carboxylic acid groups (broad SMARTS) is 4. The number of hydrogen-bond donors (Lipinski definition) is 5. The number of benzene rings is 1. The lowest BCUT2D eigenvalue weighted by Gasteiger charge is -2.29. The van der Waals surface area contributed by atoms with E-state index in [0.29, 0.717) is 12.0 Å². The zero-order chi connectivity index (χ0) is 24.0. The van der Waals surface area contributed by atoms with Gasteiger partial charge in [0.2, 0.25) is 0 Å². The molecule has 31 heavy (non-hydrogen) atoms. The van der Waals surface area contributed by atoms with E-state index in [1.54, 1.807) is 7.11 Å². The molecule has 0 unspecified atom stereocenters. The molecule has 1 aliphatic rings. The summed E-state index contributed by atoms with van der Waals surface area (Å²) in [6.45, 7) is 8.85. The van der Waals surface area contributed by atoms with E-state index >= 15 is 0 Å². The number of nitrogens with zero attached hydrogens (tertiary/aromatic N) is 1. The summed E-state index contributed by atoms with van der Waals surface area (Å²) in [6.07, 6.45) is 1.27. The summed E-state index contributed by atoms with van der Waals surface area (Å²) in [5.41, 5.74) is 1.34. The van der Waals surface area contributed by atoms with Gasteiger partial charge < -0.3 is 30.5 Å². The number of likely N-dealkylation sites (tertiary alicyclic amines) is 1. The average Bonchev–Trinajstić information content (AvgIpc) is 3.15. The highest BCUT2D eigenvalue weighted by Crippen LogP contribution is 2.40. The SMILES string of the molecule is CCNC[C@H]1CCN(CC)[C@@H]1c1ccccc1OC.O=C(O)C(=O)O.O=C(O)C(=O)O. The van der Waals surface area contributed by atoms with Crippen LogP contribution in [0.2, 0.25) is 0 Å². The first-order valence-electron chi connectivity index (χ1n) is 9.60. The monoisotopic (exact) mass is 442 g/mol. The van der Waals surface area contributed by atoms with Gasteiger partial charge in [-0.2, -0.15) is 0 Å². The fourth-order valence-electron chi connectivity index (χ4n) is 3.19. The maximum absolute atomic E-state index is 9.10. The van der Waals surface area contributed by atoms with E-state index in [0.717, 1.165) is 25.4 Å². The average molecular weight is 442 g/mol. The molecule has 2 atom stereocenters. The largest absolute Gasteiger partial charge is 0.496 e. The van der Waals surface area contributed by atoms with Gasteiger partial charge in [0.05, 0.1) is 7.11 Å². The molecular formula is C20H30N2O9. The molecule has 0 saturated carbocycles. The highest BCUT2D eigenvalue weighted by Gasteiger charge is 2.35. The van der Waals surface area contributed by atoms with Crippen LogP contribution in [-0.4, -0.2) is 82.5 Å². The Kier molecular flexibility index (Phi) is 13.2. The van der Waals surface area contributed by atoms with Crippen LogP contribution in [0.25, 0.3) is 0 Å². The Morgan fingerprint density at radius 1 is 1.00 bits per heavy atom. The predicted molar refractivity (Wildman–Crippen MR) is 110 cm³/mol. The topological polar surface area (TPSA) is 174 Å². The van der Waals surface area contributed by atoms with Gasteiger partial charge in [-0.15, -0.1) is 0 Å². The second kappa shape index (κ2) is 14.7. The van der Waals surface area contributed by atoms with Crippen LogP contribution in [0.4, 0.5) is 0 Å². The maximum Gasteiger partial charge on any atom is 0.414 e. The van der Waals surface area contributed by atoms with Crippen molar-refractivity contribution in [2.75, 3.05) is 33.3 Å². The molecule has 1 aromatic rings. The molecule has 0 aliphatic carbocycles. The van der Waals surface area contributed by atoms with E-state index in [1.165, 1.54) is 18.5 Å². The number of aliphatic carboxylic acids is 4. The highest BCUT2D eigenvalue weighted by molar-refractivity contribution is 6.27. The summed E-state index contributed by atoms with van der Waals surface area (Å²) in [7, 11) is 1.77. The Balaban J connectivity index is 0.000000620. The van der Waals surface area contributed by atoms with Crippen molar-refractivity contribution in [2.24, 2.45) is 5.92 Å². The molecule has 0 amide bonds. The smallest absolute Gasteiger partial charge is 0.414 e. The second-order valence-corrected chi connectivity index (χ2v) is 6.39. The standard InChI is InChI=1S/C16H26N2O.2C2H2O4/c1-4-17-12-13-10-11-18(5-2)16(13)14-8-6-7-9-15(14)19-3;2*3-1(4)2(5)6/h6-9,13,16-17H,4-5,10-12H2,1-3H3;2*(H,3,4)(H,5,6)/t13-,16+;;/m1../s1. The van der Waals surface area contributed by atoms with E-state index in [1.807, 2.05) is 6.07 Å². The van der Waals surface area contributed by atoms with Crippen LogP contribution < -0.4 is 10.1 Å². The summed E-state index contributed by atoms with van der Waals surface area (Å²) in [6, 6.07) is 8.95. The second-order valence-electron chi connectivity index (χ2n) is 6.39. The molecule has 2 rings (SSSR count). The van der Waals surface area contributed by atoms with E-state index in [9.17, 15) is 0 Å². The van der Waals surface area contributed by atoms with Crippen molar-refractivity contribution in [3.8, 4) is 5.75 Å². The van der Waals surface area contributed by atoms with Gasteiger partial charge in [0.1, 0.15) is 5.75 Å². The Morgan fingerprint density at radius 3 is 1.94 bits per heavy atom. The first kappa shape index (κ1) is 27.8. The minimum atomic E-state index is -1.82. The molecule has 0 spiro atoms. The van der Waals surface area contributed by atoms with Gasteiger partial charge in [-0.1, -0.05) is 32.0 Å². The fourth-order valence-corrected chi connectivity index (χ4v) is 3.19. The summed E-state index contributed by atoms with van der Waals surface area (Å²) < 4.78 is 5.56. The van der Waals surface area contributed by atoms with Gasteiger partial charge in [0.25, 0.3) is 0 Å². The van der Waals surface area contributed by atoms with Crippen LogP contribution in [0.1, 0.15) is 31.9 Å². The van der Waals surface area contributed by atoms with E-state index in [4.69, 9.17) is 44.3 Å². The van der Waals surface area contributed by atoms with Crippen LogP contribution in [0.3, 0.4) is 0 Å². The molecule has 0 radical (unpaired) electrons. The molecule has 0 bridgehead atoms. The predicted octanol–water partition coefficient (Wildman–Crippen LogP) is 0.999. The minimum Gasteiger partial charge on any atom is -0.496 e. The normalized spacial score (nSPS) is 17.4. The third-order valence-corrected chi connectivity index (χ3v) is 4.51. The van der Waals surface area contributed by atoms with Crippen molar-refractivity contribution in [1.29, 1.82) is 0 Å². The first-order valence-corrected chi connectivity index (χ1v) is 9.60. The molecular weight excluding hydrogens is 412 g/mol. The van der Waals surface area contributed by atoms with E-state index in [2.05, 4.69) is 42.3 Å². The summed E-state index contributed by atoms with van der Waals surface area (Å²) in [5, 5.41) is 33.1. The van der Waals surface area contributed by atoms with Crippen LogP contribution in [0.15, 0.2) is 24.3 Å². The molecule has 174 valence electrons. The third kappa shape index (κ3) is 9.92. The summed E-state index contributed by atoms with van der Waals surface area (Å²) in [4.78, 5) is 39.0. The van der Waals surface area contributed by atoms with Crippen LogP contribution in [0, 0.1) is 5.92 Å². The number of rotatable bonds is 6. The Morgan fingerprint density at radius 2 is 1.52 bits per heavy atom. The number of methoxy groups -OCH3 is 1. The van der Waals surface area contributed by atoms with Crippen molar-refractivity contribution in [3.05, 3.63) is 29.8 Å². The Hall–Kier alpha value is -3.18. The molecule has 1 heterocycles. The molecule has 0 aromatic heterocycles. The van der Waals surface area contributed by atoms with Crippen molar-refractivity contribution in [2.45, 2.75) is 26.3 Å². The molecule has 5 N–H and O–H groups in total. The van der Waals surface area contributed by atoms with Gasteiger partial charge in [-0.3, -0.25) is 4.90 Å². The van der Waals surface area contributed by atoms with Gasteiger partial charge in [0, 0.05) is 11.6 Å². The van der Waals surface area contributed by atoms with Crippen LogP contribution in [0.5, 0.6) is 5.75 Å². The van der Waals surface area contributed by atoms with Crippen molar-refractivity contribution >= 4 is 23.9 Å². The first-order chi connectivity index (χ1) is 14.6. The lowest BCUT2D eigenvalue weighted by Crippen LogP contribution is -2.30. The zero-order valence-electron chi connectivity index (χ0n) is 17.8. The van der Waals surface area contributed by atoms with Gasteiger partial charge in [0.15, 0.2) is 0 Å². The summed E-state index contributed by atoms with van der Waals surface area (Å²) in [5.74, 6) is -5.60.